The first-order chi connectivity index (χ1) is 15.2. The van der Waals surface area contributed by atoms with Crippen molar-refractivity contribution in [3.63, 3.8) is 0 Å². The van der Waals surface area contributed by atoms with Crippen molar-refractivity contribution in [1.29, 1.82) is 5.26 Å². The molecule has 1 amide bonds. The Labute approximate surface area is 190 Å². The number of rotatable bonds is 6. The fraction of sp³-hybridized carbons (Fsp3) is 0.278. The molecule has 14 heteroatoms. The van der Waals surface area contributed by atoms with Gasteiger partial charge < -0.3 is 20.0 Å². The molecule has 168 valence electrons. The van der Waals surface area contributed by atoms with Gasteiger partial charge in [-0.15, -0.1) is 15.6 Å². The maximum Gasteiger partial charge on any atom is 0.447 e. The molecule has 0 radical (unpaired) electrons. The number of aromatic nitrogens is 2. The number of hydrogen-bond acceptors (Lipinski definition) is 10. The Hall–Kier alpha value is -3.37. The van der Waals surface area contributed by atoms with E-state index < -0.39 is 17.6 Å². The van der Waals surface area contributed by atoms with Crippen LogP contribution in [-0.2, 0) is 16.0 Å². The van der Waals surface area contributed by atoms with Crippen LogP contribution in [0, 0.1) is 11.5 Å². The summed E-state index contributed by atoms with van der Waals surface area (Å²) in [7, 11) is 0. The molecular weight excluding hydrogens is 467 g/mol. The number of esters is 1. The lowest BCUT2D eigenvalue weighted by molar-refractivity contribution is -0.135. The first-order valence-electron chi connectivity index (χ1n) is 9.08. The Balaban J connectivity index is 1.79. The van der Waals surface area contributed by atoms with E-state index in [9.17, 15) is 19.5 Å². The van der Waals surface area contributed by atoms with Crippen molar-refractivity contribution >= 4 is 41.0 Å². The van der Waals surface area contributed by atoms with E-state index in [0.717, 1.165) is 6.92 Å². The quantitative estimate of drug-likeness (QED) is 0.157. The molecule has 1 aromatic heterocycles. The predicted octanol–water partition coefficient (Wildman–Crippen LogP) is 2.19. The van der Waals surface area contributed by atoms with E-state index in [-0.39, 0.29) is 39.9 Å². The molecule has 1 atom stereocenters. The number of nitriles is 1. The molecule has 3 rings (SSSR count). The number of aliphatic hydroxyl groups excluding tert-OH is 1. The summed E-state index contributed by atoms with van der Waals surface area (Å²) in [6.07, 6.45) is 1.30. The van der Waals surface area contributed by atoms with Gasteiger partial charge in [-0.3, -0.25) is 9.59 Å². The van der Waals surface area contributed by atoms with Gasteiger partial charge in [0.05, 0.1) is 22.3 Å². The molecule has 1 heterocycles. The van der Waals surface area contributed by atoms with Crippen molar-refractivity contribution in [3.05, 3.63) is 43.7 Å². The van der Waals surface area contributed by atoms with Crippen molar-refractivity contribution in [1.82, 2.24) is 20.7 Å². The molecule has 12 nitrogen and oxygen atoms in total. The molecule has 0 fully saturated rings. The van der Waals surface area contributed by atoms with Gasteiger partial charge in [-0.1, -0.05) is 23.2 Å². The number of benzene rings is 1. The molecular formula is C18H16Cl2N6O6. The second-order valence-electron chi connectivity index (χ2n) is 6.57. The number of carbonyl (C=O) groups is 2. The number of nitrogens with one attached hydrogen (secondary N) is 3. The number of H-pyrrole nitrogens is 1. The van der Waals surface area contributed by atoms with Crippen LogP contribution in [0.1, 0.15) is 30.4 Å². The first-order valence-corrected chi connectivity index (χ1v) is 9.83. The van der Waals surface area contributed by atoms with Crippen molar-refractivity contribution in [2.75, 3.05) is 12.0 Å². The molecule has 0 bridgehead atoms. The predicted molar refractivity (Wildman–Crippen MR) is 111 cm³/mol. The van der Waals surface area contributed by atoms with Crippen molar-refractivity contribution in [3.8, 4) is 17.8 Å². The smallest absolute Gasteiger partial charge is 0.434 e. The van der Waals surface area contributed by atoms with Crippen molar-refractivity contribution < 1.29 is 24.2 Å². The SMILES string of the molecule is CC(=O)OC(=O)N(C#N)NNc1cc(Cl)c(Oc2n[nH]c(=O)c3c2CCC3CO)c(Cl)c1. The Morgan fingerprint density at radius 2 is 2.09 bits per heavy atom. The highest BCUT2D eigenvalue weighted by molar-refractivity contribution is 6.37. The van der Waals surface area contributed by atoms with Gasteiger partial charge in [0.1, 0.15) is 0 Å². The Morgan fingerprint density at radius 1 is 1.41 bits per heavy atom. The second kappa shape index (κ2) is 9.84. The maximum absolute atomic E-state index is 12.1. The first kappa shape index (κ1) is 23.3. The number of nitrogens with zero attached hydrogens (tertiary/aromatic N) is 3. The summed E-state index contributed by atoms with van der Waals surface area (Å²) in [6.45, 7) is 0.837. The zero-order valence-corrected chi connectivity index (χ0v) is 18.0. The molecule has 1 aromatic carbocycles. The van der Waals surface area contributed by atoms with E-state index in [0.29, 0.717) is 29.0 Å². The third kappa shape index (κ3) is 4.92. The fourth-order valence-electron chi connectivity index (χ4n) is 3.11. The molecule has 0 aliphatic heterocycles. The lowest BCUT2D eigenvalue weighted by Crippen LogP contribution is -2.43. The Morgan fingerprint density at radius 3 is 2.69 bits per heavy atom. The minimum atomic E-state index is -1.25. The number of amides is 1. The van der Waals surface area contributed by atoms with Gasteiger partial charge in [0.2, 0.25) is 12.1 Å². The normalized spacial score (nSPS) is 14.3. The molecule has 32 heavy (non-hydrogen) atoms. The van der Waals surface area contributed by atoms with Crippen LogP contribution in [0.3, 0.4) is 0 Å². The minimum absolute atomic E-state index is 0.0510. The highest BCUT2D eigenvalue weighted by atomic mass is 35.5. The summed E-state index contributed by atoms with van der Waals surface area (Å²) in [6, 6.07) is 2.76. The summed E-state index contributed by atoms with van der Waals surface area (Å²) in [4.78, 5) is 34.5. The van der Waals surface area contributed by atoms with Crippen LogP contribution >= 0.6 is 23.2 Å². The Bertz CT molecular complexity index is 1140. The van der Waals surface area contributed by atoms with Crippen LogP contribution in [0.4, 0.5) is 10.5 Å². The molecule has 1 aliphatic carbocycles. The number of aliphatic hydroxyl groups is 1. The lowest BCUT2D eigenvalue weighted by Gasteiger charge is -2.17. The molecule has 2 aromatic rings. The van der Waals surface area contributed by atoms with Gasteiger partial charge in [-0.25, -0.2) is 9.89 Å². The highest BCUT2D eigenvalue weighted by Gasteiger charge is 2.30. The van der Waals surface area contributed by atoms with Crippen molar-refractivity contribution in [2.45, 2.75) is 25.7 Å². The molecule has 4 N–H and O–H groups in total. The maximum atomic E-state index is 12.1. The van der Waals surface area contributed by atoms with Crippen LogP contribution in [0.15, 0.2) is 16.9 Å². The molecule has 1 unspecified atom stereocenters. The fourth-order valence-corrected chi connectivity index (χ4v) is 3.68. The van der Waals surface area contributed by atoms with Gasteiger partial charge >= 0.3 is 12.1 Å². The Kier molecular flexibility index (Phi) is 7.16. The van der Waals surface area contributed by atoms with Gasteiger partial charge in [-0.05, 0) is 25.0 Å². The van der Waals surface area contributed by atoms with E-state index in [1.54, 1.807) is 0 Å². The van der Waals surface area contributed by atoms with Gasteiger partial charge in [-0.2, -0.15) is 5.26 Å². The summed E-state index contributed by atoms with van der Waals surface area (Å²) in [5, 5.41) is 25.2. The molecule has 0 saturated heterocycles. The second-order valence-corrected chi connectivity index (χ2v) is 7.39. The van der Waals surface area contributed by atoms with Gasteiger partial charge in [0.25, 0.3) is 5.56 Å². The van der Waals surface area contributed by atoms with E-state index in [4.69, 9.17) is 33.2 Å². The summed E-state index contributed by atoms with van der Waals surface area (Å²) >= 11 is 12.5. The number of aromatic amines is 1. The van der Waals surface area contributed by atoms with Gasteiger partial charge in [0.15, 0.2) is 5.75 Å². The topological polar surface area (TPSA) is 170 Å². The van der Waals surface area contributed by atoms with E-state index in [2.05, 4.69) is 25.9 Å². The third-order valence-electron chi connectivity index (χ3n) is 4.48. The van der Waals surface area contributed by atoms with Crippen LogP contribution in [-0.4, -0.2) is 39.0 Å². The summed E-state index contributed by atoms with van der Waals surface area (Å²) < 4.78 is 10.1. The highest BCUT2D eigenvalue weighted by Crippen LogP contribution is 2.41. The zero-order chi connectivity index (χ0) is 23.4. The number of hydrazine groups is 2. The average molecular weight is 483 g/mol. The van der Waals surface area contributed by atoms with Crippen LogP contribution < -0.4 is 21.3 Å². The standard InChI is InChI=1S/C18H16Cl2N6O6/c1-8(28)31-18(30)26(7-21)25-22-10-4-12(19)15(13(20)5-10)32-17-11-3-2-9(6-27)14(11)16(29)23-24-17/h4-5,9,22,25,27H,2-3,6H2,1H3,(H,23,29). The van der Waals surface area contributed by atoms with E-state index in [1.165, 1.54) is 18.3 Å². The van der Waals surface area contributed by atoms with E-state index >= 15 is 0 Å². The number of anilines is 1. The number of ether oxygens (including phenoxy) is 2. The molecule has 0 saturated carbocycles. The van der Waals surface area contributed by atoms with Gasteiger partial charge in [0, 0.05) is 24.0 Å². The summed E-state index contributed by atoms with van der Waals surface area (Å²) in [5.41, 5.74) is 5.57. The molecule has 0 spiro atoms. The number of fused-ring (bicyclic) bond motifs is 1. The number of carbonyl (C=O) groups excluding carboxylic acids is 2. The molecule has 1 aliphatic rings. The lowest BCUT2D eigenvalue weighted by atomic mass is 10.1. The minimum Gasteiger partial charge on any atom is -0.434 e. The number of halogens is 2. The number of hydrogen-bond donors (Lipinski definition) is 4. The largest absolute Gasteiger partial charge is 0.447 e. The summed E-state index contributed by atoms with van der Waals surface area (Å²) in [5.74, 6) is -1.03. The van der Waals surface area contributed by atoms with Crippen molar-refractivity contribution in [2.24, 2.45) is 0 Å². The van der Waals surface area contributed by atoms with Crippen LogP contribution in [0.2, 0.25) is 10.0 Å². The zero-order valence-electron chi connectivity index (χ0n) is 16.4. The van der Waals surface area contributed by atoms with Crippen LogP contribution in [0.5, 0.6) is 11.6 Å². The monoisotopic (exact) mass is 482 g/mol. The third-order valence-corrected chi connectivity index (χ3v) is 5.04. The van der Waals surface area contributed by atoms with E-state index in [1.807, 2.05) is 0 Å². The average Bonchev–Trinajstić information content (AvgIpc) is 3.17. The van der Waals surface area contributed by atoms with Crippen LogP contribution in [0.25, 0.3) is 0 Å².